The Balaban J connectivity index is 1.09. The van der Waals surface area contributed by atoms with Crippen molar-refractivity contribution in [3.63, 3.8) is 0 Å². The zero-order valence-corrected chi connectivity index (χ0v) is 35.7. The van der Waals surface area contributed by atoms with Crippen LogP contribution in [0.3, 0.4) is 0 Å². The number of para-hydroxylation sites is 3. The van der Waals surface area contributed by atoms with Crippen molar-refractivity contribution in [3.8, 4) is 28.3 Å². The normalized spacial score (nSPS) is 18.1. The van der Waals surface area contributed by atoms with Crippen LogP contribution in [0.4, 0.5) is 11.4 Å². The predicted molar refractivity (Wildman–Crippen MR) is 265 cm³/mol. The van der Waals surface area contributed by atoms with Gasteiger partial charge in [-0.15, -0.1) is 0 Å². The van der Waals surface area contributed by atoms with Crippen molar-refractivity contribution in [2.45, 2.75) is 43.9 Å². The maximum atomic E-state index is 6.97. The molecule has 0 fully saturated rings. The van der Waals surface area contributed by atoms with Crippen LogP contribution in [-0.4, -0.2) is 4.57 Å². The number of benzene rings is 7. The largest absolute Gasteiger partial charge is 0.457 e. The van der Waals surface area contributed by atoms with E-state index < -0.39 is 5.41 Å². The standard InChI is InChI=1S/C61H46N2O/c1-4-18-41(19-5-1)43-32-37-54-60(38-43)64-59-31-17-14-28-53(59)61(54)52-27-13-10-25-48(52)49-35-33-45(39-55(49)61)62(56-29-15-11-24-47(56)42-20-6-2-7-21-42)46-34-36-51-50-26-12-16-30-57(50)63(58(51)40-46)44-22-8-3-9-23-44/h2-4,6,8-10,12-20,22-23,25-40H,1,5,7,11,21,24H2. The van der Waals surface area contributed by atoms with Crippen LogP contribution in [-0.2, 0) is 5.41 Å². The minimum absolute atomic E-state index is 0.604. The molecule has 1 aromatic heterocycles. The smallest absolute Gasteiger partial charge is 0.132 e. The first-order valence-electron chi connectivity index (χ1n) is 22.9. The molecule has 0 saturated heterocycles. The molecule has 1 unspecified atom stereocenters. The second-order valence-electron chi connectivity index (χ2n) is 17.7. The summed E-state index contributed by atoms with van der Waals surface area (Å²) in [6.07, 6.45) is 24.8. The second-order valence-corrected chi connectivity index (χ2v) is 17.7. The zero-order chi connectivity index (χ0) is 42.2. The Morgan fingerprint density at radius 1 is 0.516 bits per heavy atom. The molecule has 64 heavy (non-hydrogen) atoms. The molecular weight excluding hydrogens is 777 g/mol. The minimum atomic E-state index is -0.604. The molecule has 8 aromatic rings. The number of nitrogens with zero attached hydrogens (tertiary/aromatic N) is 2. The number of hydrogen-bond donors (Lipinski definition) is 0. The fourth-order valence-electron chi connectivity index (χ4n) is 11.5. The highest BCUT2D eigenvalue weighted by atomic mass is 16.5. The van der Waals surface area contributed by atoms with E-state index in [2.05, 4.69) is 216 Å². The number of ether oxygens (including phenoxy) is 1. The molecular formula is C61H46N2O. The molecule has 2 heterocycles. The van der Waals surface area contributed by atoms with Gasteiger partial charge in [0.2, 0.25) is 0 Å². The lowest BCUT2D eigenvalue weighted by Gasteiger charge is -2.40. The highest BCUT2D eigenvalue weighted by Crippen LogP contribution is 2.63. The van der Waals surface area contributed by atoms with Crippen LogP contribution in [0.1, 0.15) is 66.3 Å². The van der Waals surface area contributed by atoms with Crippen LogP contribution in [0, 0.1) is 0 Å². The second kappa shape index (κ2) is 14.7. The molecule has 4 aliphatic carbocycles. The summed E-state index contributed by atoms with van der Waals surface area (Å²) in [5.41, 5.74) is 19.2. The number of aromatic nitrogens is 1. The van der Waals surface area contributed by atoms with E-state index in [1.165, 1.54) is 83.2 Å². The lowest BCUT2D eigenvalue weighted by atomic mass is 9.66. The third-order valence-corrected chi connectivity index (χ3v) is 14.2. The van der Waals surface area contributed by atoms with E-state index in [4.69, 9.17) is 4.74 Å². The van der Waals surface area contributed by atoms with Crippen molar-refractivity contribution in [1.29, 1.82) is 0 Å². The fraction of sp³-hybridized carbons (Fsp3) is 0.115. The molecule has 0 bridgehead atoms. The van der Waals surface area contributed by atoms with Gasteiger partial charge in [-0.3, -0.25) is 0 Å². The van der Waals surface area contributed by atoms with E-state index in [9.17, 15) is 0 Å². The SMILES string of the molecule is C1=CCCC(C2=C(N(c3ccc4c(c3)C3(c5ccccc5Oc5cc(C6=CCCC=C6)ccc53)c3ccccc3-4)c3ccc4c5ccccc5n(-c5ccccc5)c4c3)C=CCC2)=C1. The molecule has 1 atom stereocenters. The molecule has 1 spiro atoms. The number of hydrogen-bond acceptors (Lipinski definition) is 2. The third kappa shape index (κ3) is 5.53. The topological polar surface area (TPSA) is 17.4 Å². The molecule has 0 radical (unpaired) electrons. The molecule has 306 valence electrons. The monoisotopic (exact) mass is 822 g/mol. The predicted octanol–water partition coefficient (Wildman–Crippen LogP) is 16.0. The fourth-order valence-corrected chi connectivity index (χ4v) is 11.5. The van der Waals surface area contributed by atoms with Crippen LogP contribution < -0.4 is 9.64 Å². The van der Waals surface area contributed by atoms with Crippen molar-refractivity contribution in [2.75, 3.05) is 4.90 Å². The molecule has 0 amide bonds. The summed E-state index contributed by atoms with van der Waals surface area (Å²) in [6, 6.07) is 58.8. The molecule has 3 heteroatoms. The Labute approximate surface area is 374 Å². The van der Waals surface area contributed by atoms with Gasteiger partial charge in [-0.05, 0) is 144 Å². The van der Waals surface area contributed by atoms with Gasteiger partial charge < -0.3 is 14.2 Å². The summed E-state index contributed by atoms with van der Waals surface area (Å²) in [7, 11) is 0. The summed E-state index contributed by atoms with van der Waals surface area (Å²) in [5, 5.41) is 2.50. The summed E-state index contributed by atoms with van der Waals surface area (Å²) >= 11 is 0. The number of rotatable bonds is 6. The van der Waals surface area contributed by atoms with E-state index in [0.29, 0.717) is 0 Å². The first-order valence-corrected chi connectivity index (χ1v) is 22.9. The van der Waals surface area contributed by atoms with Gasteiger partial charge >= 0.3 is 0 Å². The Morgan fingerprint density at radius 3 is 2.16 bits per heavy atom. The van der Waals surface area contributed by atoms with Gasteiger partial charge in [0.25, 0.3) is 0 Å². The lowest BCUT2D eigenvalue weighted by molar-refractivity contribution is 0.436. The first-order chi connectivity index (χ1) is 31.8. The maximum Gasteiger partial charge on any atom is 0.132 e. The molecule has 13 rings (SSSR count). The lowest BCUT2D eigenvalue weighted by Crippen LogP contribution is -2.32. The van der Waals surface area contributed by atoms with Crippen LogP contribution in [0.5, 0.6) is 11.5 Å². The van der Waals surface area contributed by atoms with Gasteiger partial charge in [-0.1, -0.05) is 146 Å². The Bertz CT molecular complexity index is 3420. The quantitative estimate of drug-likeness (QED) is 0.166. The van der Waals surface area contributed by atoms with Crippen molar-refractivity contribution in [1.82, 2.24) is 4.57 Å². The highest BCUT2D eigenvalue weighted by Gasteiger charge is 2.51. The Hall–Kier alpha value is -7.62. The average Bonchev–Trinajstić information content (AvgIpc) is 3.85. The van der Waals surface area contributed by atoms with Gasteiger partial charge in [0.1, 0.15) is 11.5 Å². The first kappa shape index (κ1) is 37.0. The van der Waals surface area contributed by atoms with Gasteiger partial charge in [0, 0.05) is 44.7 Å². The van der Waals surface area contributed by atoms with E-state index in [1.54, 1.807) is 0 Å². The number of fused-ring (bicyclic) bond motifs is 12. The number of anilines is 2. The average molecular weight is 823 g/mol. The van der Waals surface area contributed by atoms with Crippen LogP contribution in [0.2, 0.25) is 0 Å². The van der Waals surface area contributed by atoms with Gasteiger partial charge in [-0.2, -0.15) is 0 Å². The van der Waals surface area contributed by atoms with Crippen LogP contribution in [0.25, 0.3) is 44.2 Å². The van der Waals surface area contributed by atoms with E-state index in [0.717, 1.165) is 67.1 Å². The minimum Gasteiger partial charge on any atom is -0.457 e. The summed E-state index contributed by atoms with van der Waals surface area (Å²) in [5.74, 6) is 1.82. The van der Waals surface area contributed by atoms with E-state index in [1.807, 2.05) is 0 Å². The van der Waals surface area contributed by atoms with Crippen molar-refractivity contribution < 1.29 is 4.74 Å². The Morgan fingerprint density at radius 2 is 1.27 bits per heavy atom. The van der Waals surface area contributed by atoms with Crippen molar-refractivity contribution in [2.24, 2.45) is 0 Å². The van der Waals surface area contributed by atoms with Crippen molar-refractivity contribution in [3.05, 3.63) is 251 Å². The number of allylic oxidation sites excluding steroid dienone is 11. The molecule has 7 aromatic carbocycles. The van der Waals surface area contributed by atoms with Crippen molar-refractivity contribution >= 4 is 38.8 Å². The van der Waals surface area contributed by atoms with E-state index in [-0.39, 0.29) is 0 Å². The summed E-state index contributed by atoms with van der Waals surface area (Å²) < 4.78 is 9.41. The molecule has 5 aliphatic rings. The van der Waals surface area contributed by atoms with Gasteiger partial charge in [0.15, 0.2) is 0 Å². The molecule has 0 N–H and O–H groups in total. The zero-order valence-electron chi connectivity index (χ0n) is 35.7. The third-order valence-electron chi connectivity index (χ3n) is 14.2. The molecule has 1 aliphatic heterocycles. The van der Waals surface area contributed by atoms with Gasteiger partial charge in [0.05, 0.1) is 16.4 Å². The van der Waals surface area contributed by atoms with Gasteiger partial charge in [-0.25, -0.2) is 0 Å². The van der Waals surface area contributed by atoms with Crippen LogP contribution >= 0.6 is 0 Å². The maximum absolute atomic E-state index is 6.97. The highest BCUT2D eigenvalue weighted by molar-refractivity contribution is 6.10. The van der Waals surface area contributed by atoms with Crippen LogP contribution in [0.15, 0.2) is 223 Å². The Kier molecular flexibility index (Phi) is 8.52. The summed E-state index contributed by atoms with van der Waals surface area (Å²) in [4.78, 5) is 2.56. The van der Waals surface area contributed by atoms with E-state index >= 15 is 0 Å². The summed E-state index contributed by atoms with van der Waals surface area (Å²) in [6.45, 7) is 0. The molecule has 3 nitrogen and oxygen atoms in total. The molecule has 0 saturated carbocycles.